The van der Waals surface area contributed by atoms with E-state index in [0.29, 0.717) is 11.8 Å². The predicted molar refractivity (Wildman–Crippen MR) is 102 cm³/mol. The van der Waals surface area contributed by atoms with E-state index in [1.165, 1.54) is 12.0 Å². The third-order valence-electron chi connectivity index (χ3n) is 5.21. The first-order valence-corrected chi connectivity index (χ1v) is 9.83. The second-order valence-corrected chi connectivity index (χ2v) is 7.46. The van der Waals surface area contributed by atoms with E-state index >= 15 is 0 Å². The van der Waals surface area contributed by atoms with Crippen LogP contribution in [0.2, 0.25) is 0 Å². The van der Waals surface area contributed by atoms with E-state index in [4.69, 9.17) is 9.47 Å². The maximum Gasteiger partial charge on any atom is 0.193 e. The molecule has 0 aromatic carbocycles. The SMILES string of the molecule is CN=C(NCCCOCC1CCOC1)N1CCC(Cc2cnn(C)c2)C1. The van der Waals surface area contributed by atoms with E-state index < -0.39 is 0 Å². The van der Waals surface area contributed by atoms with Crippen molar-refractivity contribution in [1.82, 2.24) is 20.0 Å². The quantitative estimate of drug-likeness (QED) is 0.429. The van der Waals surface area contributed by atoms with Crippen LogP contribution in [-0.4, -0.2) is 73.7 Å². The van der Waals surface area contributed by atoms with Gasteiger partial charge in [0, 0.05) is 59.1 Å². The summed E-state index contributed by atoms with van der Waals surface area (Å²) < 4.78 is 13.0. The number of hydrogen-bond donors (Lipinski definition) is 1. The number of likely N-dealkylation sites (tertiary alicyclic amines) is 1. The summed E-state index contributed by atoms with van der Waals surface area (Å²) in [7, 11) is 3.84. The van der Waals surface area contributed by atoms with Gasteiger partial charge in [-0.1, -0.05) is 0 Å². The molecule has 26 heavy (non-hydrogen) atoms. The van der Waals surface area contributed by atoms with E-state index in [1.807, 2.05) is 25.0 Å². The zero-order valence-electron chi connectivity index (χ0n) is 16.2. The Kier molecular flexibility index (Phi) is 7.32. The summed E-state index contributed by atoms with van der Waals surface area (Å²) in [6, 6.07) is 0. The normalized spacial score (nSPS) is 23.8. The first kappa shape index (κ1) is 19.2. The van der Waals surface area contributed by atoms with Crippen LogP contribution < -0.4 is 5.32 Å². The van der Waals surface area contributed by atoms with Gasteiger partial charge in [0.25, 0.3) is 0 Å². The van der Waals surface area contributed by atoms with Crippen molar-refractivity contribution in [3.63, 3.8) is 0 Å². The highest BCUT2D eigenvalue weighted by atomic mass is 16.5. The van der Waals surface area contributed by atoms with Crippen molar-refractivity contribution < 1.29 is 9.47 Å². The molecule has 7 heteroatoms. The highest BCUT2D eigenvalue weighted by Gasteiger charge is 2.25. The van der Waals surface area contributed by atoms with Crippen LogP contribution in [0, 0.1) is 11.8 Å². The second kappa shape index (κ2) is 9.92. The average Bonchev–Trinajstić information content (AvgIpc) is 3.38. The highest BCUT2D eigenvalue weighted by molar-refractivity contribution is 5.80. The molecule has 0 bridgehead atoms. The zero-order valence-corrected chi connectivity index (χ0v) is 16.2. The monoisotopic (exact) mass is 363 g/mol. The second-order valence-electron chi connectivity index (χ2n) is 7.46. The third kappa shape index (κ3) is 5.71. The van der Waals surface area contributed by atoms with Gasteiger partial charge in [0.1, 0.15) is 0 Å². The molecule has 0 spiro atoms. The lowest BCUT2D eigenvalue weighted by atomic mass is 10.0. The molecule has 2 fully saturated rings. The number of rotatable bonds is 8. The smallest absolute Gasteiger partial charge is 0.193 e. The molecule has 7 nitrogen and oxygen atoms in total. The molecule has 146 valence electrons. The Morgan fingerprint density at radius 2 is 2.35 bits per heavy atom. The molecule has 2 atom stereocenters. The van der Waals surface area contributed by atoms with Crippen molar-refractivity contribution in [3.05, 3.63) is 18.0 Å². The summed E-state index contributed by atoms with van der Waals surface area (Å²) in [5.74, 6) is 2.29. The number of aromatic nitrogens is 2. The molecule has 3 rings (SSSR count). The number of guanidine groups is 1. The topological polar surface area (TPSA) is 63.9 Å². The first-order valence-electron chi connectivity index (χ1n) is 9.83. The molecule has 0 aliphatic carbocycles. The minimum absolute atomic E-state index is 0.595. The molecule has 0 amide bonds. The molecule has 1 N–H and O–H groups in total. The molecular weight excluding hydrogens is 330 g/mol. The van der Waals surface area contributed by atoms with Gasteiger partial charge in [-0.2, -0.15) is 5.10 Å². The van der Waals surface area contributed by atoms with Crippen molar-refractivity contribution in [1.29, 1.82) is 0 Å². The van der Waals surface area contributed by atoms with Crippen LogP contribution in [0.3, 0.4) is 0 Å². The number of aliphatic imine (C=N–C) groups is 1. The van der Waals surface area contributed by atoms with E-state index in [2.05, 4.69) is 26.5 Å². The Labute approximate surface area is 156 Å². The Morgan fingerprint density at radius 1 is 1.42 bits per heavy atom. The van der Waals surface area contributed by atoms with E-state index in [0.717, 1.165) is 71.3 Å². The predicted octanol–water partition coefficient (Wildman–Crippen LogP) is 1.30. The van der Waals surface area contributed by atoms with E-state index in [-0.39, 0.29) is 0 Å². The van der Waals surface area contributed by atoms with Crippen LogP contribution in [0.5, 0.6) is 0 Å². The van der Waals surface area contributed by atoms with Gasteiger partial charge in [0.15, 0.2) is 5.96 Å². The van der Waals surface area contributed by atoms with Crippen LogP contribution >= 0.6 is 0 Å². The fourth-order valence-corrected chi connectivity index (χ4v) is 3.77. The minimum atomic E-state index is 0.595. The van der Waals surface area contributed by atoms with Crippen molar-refractivity contribution >= 4 is 5.96 Å². The summed E-state index contributed by atoms with van der Waals surface area (Å²) in [5, 5.41) is 7.75. The van der Waals surface area contributed by atoms with Gasteiger partial charge in [-0.25, -0.2) is 0 Å². The van der Waals surface area contributed by atoms with Gasteiger partial charge < -0.3 is 19.7 Å². The van der Waals surface area contributed by atoms with Crippen molar-refractivity contribution in [2.24, 2.45) is 23.9 Å². The van der Waals surface area contributed by atoms with Gasteiger partial charge in [-0.3, -0.25) is 9.67 Å². The standard InChI is InChI=1S/C19H33N5O2/c1-20-19(21-6-3-8-25-14-17-5-9-26-15-17)24-7-4-16(13-24)10-18-11-22-23(2)12-18/h11-12,16-17H,3-10,13-15H2,1-2H3,(H,20,21). The van der Waals surface area contributed by atoms with Crippen LogP contribution in [-0.2, 0) is 22.9 Å². The van der Waals surface area contributed by atoms with Gasteiger partial charge >= 0.3 is 0 Å². The molecule has 2 aliphatic rings. The molecule has 2 aliphatic heterocycles. The van der Waals surface area contributed by atoms with Gasteiger partial charge in [-0.15, -0.1) is 0 Å². The lowest BCUT2D eigenvalue weighted by Crippen LogP contribution is -2.40. The number of nitrogens with zero attached hydrogens (tertiary/aromatic N) is 4. The summed E-state index contributed by atoms with van der Waals surface area (Å²) in [6.45, 7) is 6.41. The fourth-order valence-electron chi connectivity index (χ4n) is 3.77. The number of aryl methyl sites for hydroxylation is 1. The van der Waals surface area contributed by atoms with Crippen molar-refractivity contribution in [2.45, 2.75) is 25.7 Å². The molecule has 0 saturated carbocycles. The molecule has 2 saturated heterocycles. The van der Waals surface area contributed by atoms with Crippen LogP contribution in [0.1, 0.15) is 24.8 Å². The molecule has 2 unspecified atom stereocenters. The van der Waals surface area contributed by atoms with Crippen LogP contribution in [0.15, 0.2) is 17.4 Å². The Balaban J connectivity index is 1.30. The molecular formula is C19H33N5O2. The van der Waals surface area contributed by atoms with Crippen LogP contribution in [0.25, 0.3) is 0 Å². The van der Waals surface area contributed by atoms with Crippen molar-refractivity contribution in [2.75, 3.05) is 53.1 Å². The Hall–Kier alpha value is -1.60. The maximum atomic E-state index is 5.76. The highest BCUT2D eigenvalue weighted by Crippen LogP contribution is 2.20. The lowest BCUT2D eigenvalue weighted by molar-refractivity contribution is 0.0887. The molecule has 1 aromatic heterocycles. The Bertz CT molecular complexity index is 568. The molecule has 3 heterocycles. The van der Waals surface area contributed by atoms with Gasteiger partial charge in [0.2, 0.25) is 0 Å². The number of ether oxygens (including phenoxy) is 2. The van der Waals surface area contributed by atoms with Crippen LogP contribution in [0.4, 0.5) is 0 Å². The molecule has 0 radical (unpaired) electrons. The molecule has 1 aromatic rings. The zero-order chi connectivity index (χ0) is 18.2. The lowest BCUT2D eigenvalue weighted by Gasteiger charge is -2.21. The maximum absolute atomic E-state index is 5.76. The van der Waals surface area contributed by atoms with Crippen molar-refractivity contribution in [3.8, 4) is 0 Å². The average molecular weight is 364 g/mol. The third-order valence-corrected chi connectivity index (χ3v) is 5.21. The first-order chi connectivity index (χ1) is 12.7. The van der Waals surface area contributed by atoms with E-state index in [1.54, 1.807) is 0 Å². The minimum Gasteiger partial charge on any atom is -0.381 e. The summed E-state index contributed by atoms with van der Waals surface area (Å²) >= 11 is 0. The number of hydrogen-bond acceptors (Lipinski definition) is 4. The number of nitrogens with one attached hydrogen (secondary N) is 1. The summed E-state index contributed by atoms with van der Waals surface area (Å²) in [4.78, 5) is 6.83. The fraction of sp³-hybridized carbons (Fsp3) is 0.789. The van der Waals surface area contributed by atoms with E-state index in [9.17, 15) is 0 Å². The van der Waals surface area contributed by atoms with Gasteiger partial charge in [-0.05, 0) is 37.2 Å². The van der Waals surface area contributed by atoms with Gasteiger partial charge in [0.05, 0.1) is 19.4 Å². The Morgan fingerprint density at radius 3 is 3.08 bits per heavy atom. The summed E-state index contributed by atoms with van der Waals surface area (Å²) in [6.07, 6.45) is 8.54. The summed E-state index contributed by atoms with van der Waals surface area (Å²) in [5.41, 5.74) is 1.33. The largest absolute Gasteiger partial charge is 0.381 e.